The summed E-state index contributed by atoms with van der Waals surface area (Å²) >= 11 is 6.10. The van der Waals surface area contributed by atoms with Crippen molar-refractivity contribution in [3.63, 3.8) is 0 Å². The standard InChI is InChI=1S/C19H20ClN3O5S2/c1-29(25,26)14-6-7-15(20)18(12-14)30(27,28)22-10-8-13(9-11-22)23-17-5-3-2-4-16(17)21-19(23)24/h2-7,12-13H,8-11H2,1H3,(H,21,24). The van der Waals surface area contributed by atoms with Crippen LogP contribution < -0.4 is 5.69 Å². The maximum atomic E-state index is 13.1. The molecule has 1 fully saturated rings. The van der Waals surface area contributed by atoms with Crippen LogP contribution in [0.2, 0.25) is 5.02 Å². The Balaban J connectivity index is 1.61. The lowest BCUT2D eigenvalue weighted by atomic mass is 10.1. The minimum absolute atomic E-state index is 0.0302. The highest BCUT2D eigenvalue weighted by Gasteiger charge is 2.33. The van der Waals surface area contributed by atoms with Crippen LogP contribution in [0.25, 0.3) is 11.0 Å². The van der Waals surface area contributed by atoms with Gasteiger partial charge >= 0.3 is 5.69 Å². The van der Waals surface area contributed by atoms with Gasteiger partial charge in [0.05, 0.1) is 21.0 Å². The van der Waals surface area contributed by atoms with E-state index in [4.69, 9.17) is 11.6 Å². The average molecular weight is 470 g/mol. The number of halogens is 1. The SMILES string of the molecule is CS(=O)(=O)c1ccc(Cl)c(S(=O)(=O)N2CCC(n3c(=O)[nH]c4ccccc43)CC2)c1. The largest absolute Gasteiger partial charge is 0.326 e. The van der Waals surface area contributed by atoms with Crippen LogP contribution in [0.15, 0.2) is 57.1 Å². The minimum atomic E-state index is -3.98. The monoisotopic (exact) mass is 469 g/mol. The molecule has 30 heavy (non-hydrogen) atoms. The van der Waals surface area contributed by atoms with Crippen molar-refractivity contribution in [3.05, 3.63) is 58.0 Å². The van der Waals surface area contributed by atoms with Crippen LogP contribution in [-0.4, -0.2) is 50.0 Å². The van der Waals surface area contributed by atoms with E-state index < -0.39 is 19.9 Å². The third-order valence-electron chi connectivity index (χ3n) is 5.36. The summed E-state index contributed by atoms with van der Waals surface area (Å²) < 4.78 is 52.9. The number of aromatic nitrogens is 2. The number of rotatable bonds is 4. The molecular weight excluding hydrogens is 450 g/mol. The van der Waals surface area contributed by atoms with Gasteiger partial charge in [-0.2, -0.15) is 4.31 Å². The van der Waals surface area contributed by atoms with Gasteiger partial charge in [-0.25, -0.2) is 21.6 Å². The molecule has 0 spiro atoms. The Kier molecular flexibility index (Phi) is 5.29. The highest BCUT2D eigenvalue weighted by atomic mass is 35.5. The van der Waals surface area contributed by atoms with Gasteiger partial charge in [-0.3, -0.25) is 4.57 Å². The summed E-state index contributed by atoms with van der Waals surface area (Å²) in [6.07, 6.45) is 1.91. The molecule has 3 aromatic rings. The number of nitrogens with zero attached hydrogens (tertiary/aromatic N) is 2. The molecule has 0 unspecified atom stereocenters. The zero-order valence-electron chi connectivity index (χ0n) is 16.1. The molecule has 11 heteroatoms. The zero-order chi connectivity index (χ0) is 21.7. The molecule has 1 N–H and O–H groups in total. The highest BCUT2D eigenvalue weighted by Crippen LogP contribution is 2.32. The topological polar surface area (TPSA) is 109 Å². The quantitative estimate of drug-likeness (QED) is 0.631. The second-order valence-electron chi connectivity index (χ2n) is 7.32. The summed E-state index contributed by atoms with van der Waals surface area (Å²) in [7, 11) is -7.56. The number of hydrogen-bond donors (Lipinski definition) is 1. The Bertz CT molecular complexity index is 1390. The zero-order valence-corrected chi connectivity index (χ0v) is 18.5. The molecule has 1 aromatic heterocycles. The molecule has 0 radical (unpaired) electrons. The number of piperidine rings is 1. The van der Waals surface area contributed by atoms with E-state index in [1.54, 1.807) is 4.57 Å². The second-order valence-corrected chi connectivity index (χ2v) is 11.6. The van der Waals surface area contributed by atoms with Crippen molar-refractivity contribution in [3.8, 4) is 0 Å². The Labute approximate surface area is 179 Å². The molecule has 4 rings (SSSR count). The Hall–Kier alpha value is -2.14. The van der Waals surface area contributed by atoms with Gasteiger partial charge in [-0.15, -0.1) is 0 Å². The van der Waals surface area contributed by atoms with Crippen molar-refractivity contribution in [2.24, 2.45) is 0 Å². The summed E-state index contributed by atoms with van der Waals surface area (Å²) in [4.78, 5) is 14.9. The smallest absolute Gasteiger partial charge is 0.306 e. The number of H-pyrrole nitrogens is 1. The molecule has 1 aliphatic rings. The van der Waals surface area contributed by atoms with Gasteiger partial charge in [0.15, 0.2) is 9.84 Å². The van der Waals surface area contributed by atoms with Crippen LogP contribution in [0.1, 0.15) is 18.9 Å². The van der Waals surface area contributed by atoms with Crippen molar-refractivity contribution in [2.75, 3.05) is 19.3 Å². The number of benzene rings is 2. The molecule has 2 heterocycles. The number of para-hydroxylation sites is 2. The van der Waals surface area contributed by atoms with E-state index in [0.717, 1.165) is 23.4 Å². The third kappa shape index (κ3) is 3.68. The van der Waals surface area contributed by atoms with Crippen molar-refractivity contribution >= 4 is 42.5 Å². The second kappa shape index (κ2) is 7.52. The molecule has 1 saturated heterocycles. The summed E-state index contributed by atoms with van der Waals surface area (Å²) in [6, 6.07) is 10.9. The number of nitrogens with one attached hydrogen (secondary N) is 1. The molecule has 160 valence electrons. The number of sulfonamides is 1. The van der Waals surface area contributed by atoms with Crippen molar-refractivity contribution in [1.82, 2.24) is 13.9 Å². The average Bonchev–Trinajstić information content (AvgIpc) is 3.03. The van der Waals surface area contributed by atoms with Gasteiger partial charge in [0.25, 0.3) is 0 Å². The van der Waals surface area contributed by atoms with E-state index in [9.17, 15) is 21.6 Å². The number of imidazole rings is 1. The van der Waals surface area contributed by atoms with E-state index in [1.807, 2.05) is 24.3 Å². The van der Waals surface area contributed by atoms with E-state index in [2.05, 4.69) is 4.98 Å². The first-order chi connectivity index (χ1) is 14.1. The van der Waals surface area contributed by atoms with Crippen LogP contribution >= 0.6 is 11.6 Å². The molecule has 0 amide bonds. The summed E-state index contributed by atoms with van der Waals surface area (Å²) in [5.74, 6) is 0. The maximum absolute atomic E-state index is 13.1. The Morgan fingerprint density at radius 1 is 1.03 bits per heavy atom. The highest BCUT2D eigenvalue weighted by molar-refractivity contribution is 7.91. The molecule has 0 bridgehead atoms. The van der Waals surface area contributed by atoms with Crippen LogP contribution in [-0.2, 0) is 19.9 Å². The van der Waals surface area contributed by atoms with E-state index in [0.29, 0.717) is 12.8 Å². The van der Waals surface area contributed by atoms with Crippen LogP contribution in [0.4, 0.5) is 0 Å². The van der Waals surface area contributed by atoms with Crippen LogP contribution in [0.5, 0.6) is 0 Å². The molecular formula is C19H20ClN3O5S2. The molecule has 2 aromatic carbocycles. The van der Waals surface area contributed by atoms with E-state index >= 15 is 0 Å². The lowest BCUT2D eigenvalue weighted by molar-refractivity contribution is 0.274. The maximum Gasteiger partial charge on any atom is 0.326 e. The Morgan fingerprint density at radius 3 is 2.37 bits per heavy atom. The molecule has 1 aliphatic heterocycles. The van der Waals surface area contributed by atoms with Gasteiger partial charge in [-0.05, 0) is 43.2 Å². The van der Waals surface area contributed by atoms with Gasteiger partial charge < -0.3 is 4.98 Å². The van der Waals surface area contributed by atoms with Gasteiger partial charge in [-0.1, -0.05) is 23.7 Å². The molecule has 0 saturated carbocycles. The first-order valence-corrected chi connectivity index (χ1v) is 13.0. The lowest BCUT2D eigenvalue weighted by Gasteiger charge is -2.32. The number of fused-ring (bicyclic) bond motifs is 1. The fourth-order valence-electron chi connectivity index (χ4n) is 3.83. The van der Waals surface area contributed by atoms with Gasteiger partial charge in [0.2, 0.25) is 10.0 Å². The van der Waals surface area contributed by atoms with Crippen molar-refractivity contribution in [2.45, 2.75) is 28.7 Å². The molecule has 0 aliphatic carbocycles. The number of hydrogen-bond acceptors (Lipinski definition) is 5. The predicted octanol–water partition coefficient (Wildman–Crippen LogP) is 2.41. The van der Waals surface area contributed by atoms with E-state index in [-0.39, 0.29) is 39.6 Å². The summed E-state index contributed by atoms with van der Waals surface area (Å²) in [5.41, 5.74) is 1.30. The third-order valence-corrected chi connectivity index (χ3v) is 8.85. The van der Waals surface area contributed by atoms with Gasteiger partial charge in [0, 0.05) is 25.4 Å². The summed E-state index contributed by atoms with van der Waals surface area (Å²) in [5, 5.41) is -0.0302. The minimum Gasteiger partial charge on any atom is -0.306 e. The van der Waals surface area contributed by atoms with Crippen molar-refractivity contribution in [1.29, 1.82) is 0 Å². The fraction of sp³-hybridized carbons (Fsp3) is 0.316. The predicted molar refractivity (Wildman–Crippen MR) is 114 cm³/mol. The number of sulfone groups is 1. The number of aromatic amines is 1. The van der Waals surface area contributed by atoms with E-state index in [1.165, 1.54) is 16.4 Å². The molecule has 8 nitrogen and oxygen atoms in total. The first-order valence-electron chi connectivity index (χ1n) is 9.28. The first kappa shape index (κ1) is 21.1. The van der Waals surface area contributed by atoms with Crippen LogP contribution in [0, 0.1) is 0 Å². The normalized spacial score (nSPS) is 16.9. The van der Waals surface area contributed by atoms with Crippen molar-refractivity contribution < 1.29 is 16.8 Å². The lowest BCUT2D eigenvalue weighted by Crippen LogP contribution is -2.40. The van der Waals surface area contributed by atoms with Crippen LogP contribution in [0.3, 0.4) is 0 Å². The fourth-order valence-corrected chi connectivity index (χ4v) is 6.52. The summed E-state index contributed by atoms with van der Waals surface area (Å²) in [6.45, 7) is 0.386. The van der Waals surface area contributed by atoms with Gasteiger partial charge in [0.1, 0.15) is 4.90 Å². The molecule has 0 atom stereocenters. The Morgan fingerprint density at radius 2 is 1.70 bits per heavy atom.